The number of nitrogens with one attached hydrogen (secondary N) is 2. The van der Waals surface area contributed by atoms with E-state index in [1.807, 2.05) is 25.4 Å². The van der Waals surface area contributed by atoms with Gasteiger partial charge in [0.2, 0.25) is 0 Å². The molecule has 0 atom stereocenters. The molecule has 0 radical (unpaired) electrons. The van der Waals surface area contributed by atoms with E-state index < -0.39 is 0 Å². The van der Waals surface area contributed by atoms with Gasteiger partial charge in [0, 0.05) is 38.9 Å². The lowest BCUT2D eigenvalue weighted by molar-refractivity contribution is 0.555. The van der Waals surface area contributed by atoms with Gasteiger partial charge >= 0.3 is 0 Å². The number of aliphatic imine (C=N–C) groups is 1. The third-order valence-corrected chi connectivity index (χ3v) is 5.53. The summed E-state index contributed by atoms with van der Waals surface area (Å²) in [6.07, 6.45) is 2.89. The molecule has 8 heteroatoms. The fourth-order valence-electron chi connectivity index (χ4n) is 3.84. The van der Waals surface area contributed by atoms with E-state index in [2.05, 4.69) is 84.3 Å². The maximum Gasteiger partial charge on any atom is 0.191 e. The number of nitrogens with zero attached hydrogens (tertiary/aromatic N) is 5. The van der Waals surface area contributed by atoms with E-state index >= 15 is 0 Å². The first kappa shape index (κ1) is 24.8. The summed E-state index contributed by atoms with van der Waals surface area (Å²) in [4.78, 5) is 8.80. The van der Waals surface area contributed by atoms with Crippen molar-refractivity contribution in [2.45, 2.75) is 39.9 Å². The van der Waals surface area contributed by atoms with Crippen LogP contribution in [0.25, 0.3) is 11.0 Å². The average Bonchev–Trinajstić information content (AvgIpc) is 3.36. The van der Waals surface area contributed by atoms with Crippen LogP contribution in [0.4, 0.5) is 0 Å². The first-order valence-electron chi connectivity index (χ1n) is 11.1. The number of aryl methyl sites for hydroxylation is 3. The molecule has 7 nitrogen and oxygen atoms in total. The minimum absolute atomic E-state index is 0. The number of hydrogen-bond donors (Lipinski definition) is 2. The van der Waals surface area contributed by atoms with E-state index in [1.165, 1.54) is 16.8 Å². The number of para-hydroxylation sites is 2. The molecule has 33 heavy (non-hydrogen) atoms. The van der Waals surface area contributed by atoms with E-state index in [0.717, 1.165) is 55.3 Å². The lowest BCUT2D eigenvalue weighted by atomic mass is 10.1. The zero-order chi connectivity index (χ0) is 22.3. The van der Waals surface area contributed by atoms with Crippen LogP contribution in [0.2, 0.25) is 0 Å². The SMILES string of the molecule is CN=C(NCCCn1nc(C)cc1C)NCc1ccc(Cn2cnc3ccccc32)cc1.I. The van der Waals surface area contributed by atoms with Crippen LogP contribution in [0.5, 0.6) is 0 Å². The molecule has 2 N–H and O–H groups in total. The van der Waals surface area contributed by atoms with Crippen LogP contribution in [0.15, 0.2) is 65.9 Å². The number of aromatic nitrogens is 4. The number of imidazole rings is 1. The van der Waals surface area contributed by atoms with Crippen LogP contribution < -0.4 is 10.6 Å². The Bertz CT molecular complexity index is 1190. The van der Waals surface area contributed by atoms with Gasteiger partial charge in [-0.15, -0.1) is 24.0 Å². The molecule has 4 rings (SSSR count). The van der Waals surface area contributed by atoms with Crippen LogP contribution in [0.3, 0.4) is 0 Å². The molecule has 2 aromatic heterocycles. The molecular formula is C25H32IN7. The molecular weight excluding hydrogens is 525 g/mol. The lowest BCUT2D eigenvalue weighted by Gasteiger charge is -2.13. The Morgan fingerprint density at radius 3 is 2.48 bits per heavy atom. The topological polar surface area (TPSA) is 72.1 Å². The third kappa shape index (κ3) is 6.56. The predicted octanol–water partition coefficient (Wildman–Crippen LogP) is 4.27. The number of fused-ring (bicyclic) bond motifs is 1. The molecule has 4 aromatic rings. The van der Waals surface area contributed by atoms with Crippen LogP contribution >= 0.6 is 24.0 Å². The second-order valence-corrected chi connectivity index (χ2v) is 8.03. The van der Waals surface area contributed by atoms with Gasteiger partial charge in [0.15, 0.2) is 5.96 Å². The Balaban J connectivity index is 0.00000306. The summed E-state index contributed by atoms with van der Waals surface area (Å²) in [5.74, 6) is 0.812. The molecule has 0 saturated heterocycles. The van der Waals surface area contributed by atoms with Gasteiger partial charge in [-0.1, -0.05) is 36.4 Å². The maximum atomic E-state index is 4.51. The zero-order valence-electron chi connectivity index (χ0n) is 19.5. The predicted molar refractivity (Wildman–Crippen MR) is 145 cm³/mol. The second kappa shape index (κ2) is 11.8. The van der Waals surface area contributed by atoms with Gasteiger partial charge < -0.3 is 15.2 Å². The van der Waals surface area contributed by atoms with Gasteiger partial charge in [-0.2, -0.15) is 5.10 Å². The standard InChI is InChI=1S/C25H31N7.HI/c1-19-15-20(2)32(30-19)14-6-13-27-25(26-3)28-16-21-9-11-22(12-10-21)17-31-18-29-23-7-4-5-8-24(23)31;/h4-5,7-12,15,18H,6,13-14,16-17H2,1-3H3,(H2,26,27,28);1H. The van der Waals surface area contributed by atoms with Crippen molar-refractivity contribution in [2.75, 3.05) is 13.6 Å². The van der Waals surface area contributed by atoms with Crippen LogP contribution in [0, 0.1) is 13.8 Å². The zero-order valence-corrected chi connectivity index (χ0v) is 21.8. The molecule has 0 spiro atoms. The third-order valence-electron chi connectivity index (χ3n) is 5.53. The Hall–Kier alpha value is -2.88. The Kier molecular flexibility index (Phi) is 8.87. The largest absolute Gasteiger partial charge is 0.356 e. The van der Waals surface area contributed by atoms with E-state index in [0.29, 0.717) is 0 Å². The van der Waals surface area contributed by atoms with Gasteiger partial charge in [0.1, 0.15) is 0 Å². The van der Waals surface area contributed by atoms with Crippen molar-refractivity contribution in [1.82, 2.24) is 30.0 Å². The first-order chi connectivity index (χ1) is 15.6. The number of halogens is 1. The molecule has 0 aliphatic heterocycles. The van der Waals surface area contributed by atoms with Gasteiger partial charge in [-0.25, -0.2) is 4.98 Å². The minimum Gasteiger partial charge on any atom is -0.356 e. The summed E-state index contributed by atoms with van der Waals surface area (Å²) in [5.41, 5.74) is 6.93. The molecule has 0 fully saturated rings. The molecule has 0 amide bonds. The average molecular weight is 557 g/mol. The van der Waals surface area contributed by atoms with Gasteiger partial charge in [0.25, 0.3) is 0 Å². The quantitative estimate of drug-likeness (QED) is 0.147. The second-order valence-electron chi connectivity index (χ2n) is 8.03. The Morgan fingerprint density at radius 2 is 1.76 bits per heavy atom. The highest BCUT2D eigenvalue weighted by Gasteiger charge is 2.04. The highest BCUT2D eigenvalue weighted by molar-refractivity contribution is 14.0. The molecule has 0 aliphatic carbocycles. The molecule has 2 aromatic carbocycles. The number of rotatable bonds is 8. The van der Waals surface area contributed by atoms with Crippen molar-refractivity contribution in [1.29, 1.82) is 0 Å². The summed E-state index contributed by atoms with van der Waals surface area (Å²) in [7, 11) is 1.80. The van der Waals surface area contributed by atoms with Crippen LogP contribution in [-0.2, 0) is 19.6 Å². The molecule has 0 unspecified atom stereocenters. The Labute approximate surface area is 212 Å². The maximum absolute atomic E-state index is 4.51. The summed E-state index contributed by atoms with van der Waals surface area (Å²) in [5, 5.41) is 11.3. The van der Waals surface area contributed by atoms with Crippen molar-refractivity contribution >= 4 is 41.0 Å². The molecule has 174 valence electrons. The van der Waals surface area contributed by atoms with Crippen LogP contribution in [0.1, 0.15) is 28.9 Å². The first-order valence-corrected chi connectivity index (χ1v) is 11.1. The van der Waals surface area contributed by atoms with E-state index in [1.54, 1.807) is 7.05 Å². The number of hydrogen-bond acceptors (Lipinski definition) is 3. The highest BCUT2D eigenvalue weighted by Crippen LogP contribution is 2.14. The van der Waals surface area contributed by atoms with E-state index in [-0.39, 0.29) is 24.0 Å². The summed E-state index contributed by atoms with van der Waals surface area (Å²) in [6.45, 7) is 7.40. The fraction of sp³-hybridized carbons (Fsp3) is 0.320. The molecule has 2 heterocycles. The number of guanidine groups is 1. The highest BCUT2D eigenvalue weighted by atomic mass is 127. The summed E-state index contributed by atoms with van der Waals surface area (Å²) < 4.78 is 4.24. The molecule has 0 aliphatic rings. The van der Waals surface area contributed by atoms with Crippen LogP contribution in [-0.4, -0.2) is 38.9 Å². The summed E-state index contributed by atoms with van der Waals surface area (Å²) in [6, 6.07) is 19.0. The van der Waals surface area contributed by atoms with E-state index in [9.17, 15) is 0 Å². The van der Waals surface area contributed by atoms with Crippen molar-refractivity contribution in [3.63, 3.8) is 0 Å². The molecule has 0 saturated carbocycles. The fourth-order valence-corrected chi connectivity index (χ4v) is 3.84. The van der Waals surface area contributed by atoms with Gasteiger partial charge in [-0.3, -0.25) is 9.67 Å². The summed E-state index contributed by atoms with van der Waals surface area (Å²) >= 11 is 0. The van der Waals surface area contributed by atoms with Crippen molar-refractivity contribution in [3.8, 4) is 0 Å². The van der Waals surface area contributed by atoms with Gasteiger partial charge in [0.05, 0.1) is 23.1 Å². The van der Waals surface area contributed by atoms with Crippen molar-refractivity contribution < 1.29 is 0 Å². The monoisotopic (exact) mass is 557 g/mol. The lowest BCUT2D eigenvalue weighted by Crippen LogP contribution is -2.37. The van der Waals surface area contributed by atoms with Gasteiger partial charge in [-0.05, 0) is 49.6 Å². The smallest absolute Gasteiger partial charge is 0.191 e. The minimum atomic E-state index is 0. The molecule has 0 bridgehead atoms. The van der Waals surface area contributed by atoms with E-state index in [4.69, 9.17) is 0 Å². The normalized spacial score (nSPS) is 11.4. The Morgan fingerprint density at radius 1 is 1.00 bits per heavy atom. The van der Waals surface area contributed by atoms with Crippen molar-refractivity contribution in [3.05, 3.63) is 83.4 Å². The number of benzene rings is 2. The van der Waals surface area contributed by atoms with Crippen molar-refractivity contribution in [2.24, 2.45) is 4.99 Å².